The van der Waals surface area contributed by atoms with Gasteiger partial charge in [0.1, 0.15) is 5.82 Å². The molecule has 1 N–H and O–H groups in total. The fourth-order valence-electron chi connectivity index (χ4n) is 2.33. The highest BCUT2D eigenvalue weighted by molar-refractivity contribution is 8.07. The Labute approximate surface area is 117 Å². The maximum absolute atomic E-state index is 13.0. The second-order valence-electron chi connectivity index (χ2n) is 4.50. The molecule has 0 aromatic heterocycles. The number of hydrogen-bond donors (Lipinski definition) is 1. The zero-order valence-electron chi connectivity index (χ0n) is 10.9. The summed E-state index contributed by atoms with van der Waals surface area (Å²) in [5.74, 6) is 2.29. The topological polar surface area (TPSA) is 12.0 Å². The van der Waals surface area contributed by atoms with Crippen LogP contribution in [0.1, 0.15) is 25.5 Å². The molecule has 1 nitrogen and oxygen atoms in total. The molecule has 0 spiro atoms. The Hall–Kier alpha value is -0.190. The van der Waals surface area contributed by atoms with E-state index in [9.17, 15) is 4.39 Å². The third-order valence-electron chi connectivity index (χ3n) is 3.22. The van der Waals surface area contributed by atoms with Crippen LogP contribution in [0.4, 0.5) is 4.39 Å². The molecular formula is C14H20FNS2. The van der Waals surface area contributed by atoms with Gasteiger partial charge in [0.25, 0.3) is 0 Å². The minimum absolute atomic E-state index is 0.160. The first kappa shape index (κ1) is 14.2. The monoisotopic (exact) mass is 285 g/mol. The SMILES string of the molecule is CCNC(c1ccc(F)cc1)C1SCCSC1C. The van der Waals surface area contributed by atoms with E-state index in [-0.39, 0.29) is 5.82 Å². The van der Waals surface area contributed by atoms with Crippen molar-refractivity contribution in [3.8, 4) is 0 Å². The van der Waals surface area contributed by atoms with Gasteiger partial charge in [0.15, 0.2) is 0 Å². The van der Waals surface area contributed by atoms with Crippen LogP contribution in [0, 0.1) is 5.82 Å². The van der Waals surface area contributed by atoms with Crippen LogP contribution in [-0.4, -0.2) is 28.6 Å². The van der Waals surface area contributed by atoms with Gasteiger partial charge in [-0.15, -0.1) is 0 Å². The molecule has 100 valence electrons. The first-order valence-corrected chi connectivity index (χ1v) is 8.54. The van der Waals surface area contributed by atoms with Crippen LogP contribution in [0.15, 0.2) is 24.3 Å². The van der Waals surface area contributed by atoms with E-state index in [2.05, 4.69) is 19.2 Å². The maximum Gasteiger partial charge on any atom is 0.123 e. The van der Waals surface area contributed by atoms with Crippen LogP contribution < -0.4 is 5.32 Å². The number of benzene rings is 1. The van der Waals surface area contributed by atoms with E-state index in [0.29, 0.717) is 16.5 Å². The zero-order chi connectivity index (χ0) is 13.0. The standard InChI is InChI=1S/C14H20FNS2/c1-3-16-13(11-4-6-12(15)7-5-11)14-10(2)17-8-9-18-14/h4-7,10,13-14,16H,3,8-9H2,1-2H3. The Bertz CT molecular complexity index is 369. The van der Waals surface area contributed by atoms with Gasteiger partial charge in [-0.25, -0.2) is 4.39 Å². The molecule has 1 aromatic rings. The molecule has 0 bridgehead atoms. The maximum atomic E-state index is 13.0. The minimum Gasteiger partial charge on any atom is -0.309 e. The molecule has 0 aliphatic carbocycles. The average molecular weight is 285 g/mol. The second-order valence-corrected chi connectivity index (χ2v) is 7.27. The summed E-state index contributed by atoms with van der Waals surface area (Å²) >= 11 is 4.08. The molecule has 1 aliphatic rings. The first-order valence-electron chi connectivity index (χ1n) is 6.44. The summed E-state index contributed by atoms with van der Waals surface area (Å²) in [6, 6.07) is 7.27. The minimum atomic E-state index is -0.160. The van der Waals surface area contributed by atoms with Gasteiger partial charge in [-0.3, -0.25) is 0 Å². The smallest absolute Gasteiger partial charge is 0.123 e. The van der Waals surface area contributed by atoms with Gasteiger partial charge in [-0.05, 0) is 24.2 Å². The van der Waals surface area contributed by atoms with Crippen molar-refractivity contribution in [2.45, 2.75) is 30.4 Å². The van der Waals surface area contributed by atoms with Gasteiger partial charge >= 0.3 is 0 Å². The van der Waals surface area contributed by atoms with E-state index in [1.54, 1.807) is 12.1 Å². The van der Waals surface area contributed by atoms with Gasteiger partial charge in [-0.2, -0.15) is 23.5 Å². The molecule has 0 amide bonds. The van der Waals surface area contributed by atoms with Crippen molar-refractivity contribution >= 4 is 23.5 Å². The van der Waals surface area contributed by atoms with Crippen molar-refractivity contribution in [3.63, 3.8) is 0 Å². The Morgan fingerprint density at radius 2 is 1.94 bits per heavy atom. The van der Waals surface area contributed by atoms with Gasteiger partial charge in [0.2, 0.25) is 0 Å². The number of nitrogens with one attached hydrogen (secondary N) is 1. The normalized spacial score (nSPS) is 25.9. The predicted molar refractivity (Wildman–Crippen MR) is 81.0 cm³/mol. The molecule has 3 atom stereocenters. The third-order valence-corrected chi connectivity index (χ3v) is 6.41. The average Bonchev–Trinajstić information content (AvgIpc) is 2.38. The highest BCUT2D eigenvalue weighted by atomic mass is 32.2. The van der Waals surface area contributed by atoms with Crippen molar-refractivity contribution in [1.29, 1.82) is 0 Å². The van der Waals surface area contributed by atoms with Crippen molar-refractivity contribution in [1.82, 2.24) is 5.32 Å². The number of thioether (sulfide) groups is 2. The van der Waals surface area contributed by atoms with Crippen LogP contribution in [0.25, 0.3) is 0 Å². The third kappa shape index (κ3) is 3.43. The lowest BCUT2D eigenvalue weighted by Crippen LogP contribution is -2.37. The molecule has 1 aliphatic heterocycles. The van der Waals surface area contributed by atoms with Crippen molar-refractivity contribution in [2.24, 2.45) is 0 Å². The molecule has 0 radical (unpaired) electrons. The molecule has 1 heterocycles. The molecule has 3 unspecified atom stereocenters. The zero-order valence-corrected chi connectivity index (χ0v) is 12.5. The molecule has 18 heavy (non-hydrogen) atoms. The van der Waals surface area contributed by atoms with E-state index >= 15 is 0 Å². The van der Waals surface area contributed by atoms with Crippen LogP contribution in [0.5, 0.6) is 0 Å². The Morgan fingerprint density at radius 1 is 1.28 bits per heavy atom. The Morgan fingerprint density at radius 3 is 2.56 bits per heavy atom. The highest BCUT2D eigenvalue weighted by Gasteiger charge is 2.30. The Kier molecular flexibility index (Phi) is 5.39. The quantitative estimate of drug-likeness (QED) is 0.905. The lowest BCUT2D eigenvalue weighted by molar-refractivity contribution is 0.524. The Balaban J connectivity index is 2.18. The summed E-state index contributed by atoms with van der Waals surface area (Å²) in [5.41, 5.74) is 1.20. The van der Waals surface area contributed by atoms with Gasteiger partial charge in [-0.1, -0.05) is 26.0 Å². The molecule has 0 saturated carbocycles. The molecule has 1 saturated heterocycles. The van der Waals surface area contributed by atoms with E-state index in [1.165, 1.54) is 17.1 Å². The van der Waals surface area contributed by atoms with E-state index in [4.69, 9.17) is 0 Å². The van der Waals surface area contributed by atoms with Crippen molar-refractivity contribution in [2.75, 3.05) is 18.1 Å². The van der Waals surface area contributed by atoms with Gasteiger partial charge < -0.3 is 5.32 Å². The van der Waals surface area contributed by atoms with Crippen LogP contribution in [0.2, 0.25) is 0 Å². The predicted octanol–water partition coefficient (Wildman–Crippen LogP) is 3.71. The number of halogens is 1. The highest BCUT2D eigenvalue weighted by Crippen LogP contribution is 2.38. The largest absolute Gasteiger partial charge is 0.309 e. The van der Waals surface area contributed by atoms with E-state index in [1.807, 2.05) is 35.7 Å². The summed E-state index contributed by atoms with van der Waals surface area (Å²) in [6.07, 6.45) is 0. The molecule has 2 rings (SSSR count). The lowest BCUT2D eigenvalue weighted by Gasteiger charge is -2.35. The van der Waals surface area contributed by atoms with Gasteiger partial charge in [0.05, 0.1) is 0 Å². The first-order chi connectivity index (χ1) is 8.72. The van der Waals surface area contributed by atoms with E-state index in [0.717, 1.165) is 6.54 Å². The van der Waals surface area contributed by atoms with E-state index < -0.39 is 0 Å². The van der Waals surface area contributed by atoms with Crippen LogP contribution >= 0.6 is 23.5 Å². The summed E-state index contributed by atoms with van der Waals surface area (Å²) in [5, 5.41) is 4.76. The molecule has 1 fully saturated rings. The lowest BCUT2D eigenvalue weighted by atomic mass is 10.0. The number of hydrogen-bond acceptors (Lipinski definition) is 3. The van der Waals surface area contributed by atoms with Crippen LogP contribution in [0.3, 0.4) is 0 Å². The molecule has 1 aromatic carbocycles. The van der Waals surface area contributed by atoms with Gasteiger partial charge in [0, 0.05) is 28.0 Å². The fourth-order valence-corrected chi connectivity index (χ4v) is 5.28. The summed E-state index contributed by atoms with van der Waals surface area (Å²) in [4.78, 5) is 0. The second kappa shape index (κ2) is 6.83. The summed E-state index contributed by atoms with van der Waals surface area (Å²) < 4.78 is 13.0. The summed E-state index contributed by atoms with van der Waals surface area (Å²) in [6.45, 7) is 5.37. The summed E-state index contributed by atoms with van der Waals surface area (Å²) in [7, 11) is 0. The van der Waals surface area contributed by atoms with Crippen LogP contribution in [-0.2, 0) is 0 Å². The molecule has 4 heteroatoms. The number of rotatable bonds is 4. The van der Waals surface area contributed by atoms with Crippen molar-refractivity contribution < 1.29 is 4.39 Å². The molecular weight excluding hydrogens is 265 g/mol. The van der Waals surface area contributed by atoms with Crippen molar-refractivity contribution in [3.05, 3.63) is 35.6 Å². The fraction of sp³-hybridized carbons (Fsp3) is 0.571.